The zero-order chi connectivity index (χ0) is 10.1. The third-order valence-corrected chi connectivity index (χ3v) is 3.01. The first-order chi connectivity index (χ1) is 6.02. The largest absolute Gasteiger partial charge is 0.468 e. The van der Waals surface area contributed by atoms with E-state index in [4.69, 9.17) is 0 Å². The molecule has 0 N–H and O–H groups in total. The molecule has 4 heteroatoms. The van der Waals surface area contributed by atoms with Crippen LogP contribution in [-0.2, 0) is 14.3 Å². The fraction of sp³-hybridized carbons (Fsp3) is 0.556. The van der Waals surface area contributed by atoms with E-state index in [-0.39, 0.29) is 5.78 Å². The lowest BCUT2D eigenvalue weighted by atomic mass is 9.78. The van der Waals surface area contributed by atoms with Crippen LogP contribution in [0.25, 0.3) is 0 Å². The molecule has 0 saturated carbocycles. The van der Waals surface area contributed by atoms with Gasteiger partial charge in [0.1, 0.15) is 5.41 Å². The Kier molecular flexibility index (Phi) is 2.91. The van der Waals surface area contributed by atoms with Gasteiger partial charge in [0.05, 0.1) is 11.6 Å². The highest BCUT2D eigenvalue weighted by molar-refractivity contribution is 9.12. The number of hydrogen-bond donors (Lipinski definition) is 0. The second kappa shape index (κ2) is 3.62. The highest BCUT2D eigenvalue weighted by Gasteiger charge is 2.44. The van der Waals surface area contributed by atoms with Gasteiger partial charge in [0.15, 0.2) is 5.78 Å². The number of ketones is 1. The van der Waals surface area contributed by atoms with E-state index in [1.165, 1.54) is 7.11 Å². The molecule has 0 fully saturated rings. The van der Waals surface area contributed by atoms with Crippen molar-refractivity contribution < 1.29 is 14.3 Å². The van der Waals surface area contributed by atoms with Gasteiger partial charge in [-0.15, -0.1) is 0 Å². The third-order valence-electron chi connectivity index (χ3n) is 2.32. The predicted molar refractivity (Wildman–Crippen MR) is 51.4 cm³/mol. The molecular weight excluding hydrogens is 236 g/mol. The van der Waals surface area contributed by atoms with Crippen molar-refractivity contribution in [2.75, 3.05) is 7.11 Å². The van der Waals surface area contributed by atoms with Gasteiger partial charge in [0.2, 0.25) is 0 Å². The minimum Gasteiger partial charge on any atom is -0.468 e. The molecule has 0 aliphatic heterocycles. The van der Waals surface area contributed by atoms with Crippen LogP contribution in [0.15, 0.2) is 10.6 Å². The van der Waals surface area contributed by atoms with Crippen molar-refractivity contribution in [2.45, 2.75) is 19.8 Å². The maximum atomic E-state index is 11.6. The van der Waals surface area contributed by atoms with E-state index in [9.17, 15) is 9.59 Å². The van der Waals surface area contributed by atoms with Crippen molar-refractivity contribution in [3.8, 4) is 0 Å². The van der Waals surface area contributed by atoms with Gasteiger partial charge in [-0.05, 0) is 35.7 Å². The average molecular weight is 247 g/mol. The Morgan fingerprint density at radius 3 is 2.85 bits per heavy atom. The molecule has 0 saturated heterocycles. The van der Waals surface area contributed by atoms with Crippen LogP contribution in [0.1, 0.15) is 19.8 Å². The molecule has 1 rings (SSSR count). The minimum absolute atomic E-state index is 0.189. The maximum Gasteiger partial charge on any atom is 0.319 e. The second-order valence-electron chi connectivity index (χ2n) is 3.24. The fourth-order valence-electron chi connectivity index (χ4n) is 1.38. The van der Waals surface area contributed by atoms with Gasteiger partial charge in [0.25, 0.3) is 0 Å². The lowest BCUT2D eigenvalue weighted by molar-refractivity contribution is -0.156. The second-order valence-corrected chi connectivity index (χ2v) is 4.10. The number of Topliss-reactive ketones (excluding diaryl/α,β-unsaturated/α-hetero) is 1. The molecule has 1 atom stereocenters. The average Bonchev–Trinajstić information content (AvgIpc) is 2.13. The number of rotatable bonds is 1. The van der Waals surface area contributed by atoms with Crippen molar-refractivity contribution in [3.05, 3.63) is 10.6 Å². The monoisotopic (exact) mass is 246 g/mol. The van der Waals surface area contributed by atoms with Crippen LogP contribution < -0.4 is 0 Å². The van der Waals surface area contributed by atoms with Crippen molar-refractivity contribution in [1.82, 2.24) is 0 Å². The van der Waals surface area contributed by atoms with E-state index in [0.29, 0.717) is 10.9 Å². The van der Waals surface area contributed by atoms with Crippen LogP contribution >= 0.6 is 15.9 Å². The summed E-state index contributed by atoms with van der Waals surface area (Å²) in [6.45, 7) is 1.62. The first kappa shape index (κ1) is 10.4. The molecule has 3 nitrogen and oxygen atoms in total. The summed E-state index contributed by atoms with van der Waals surface area (Å²) in [7, 11) is 1.30. The van der Waals surface area contributed by atoms with Crippen molar-refractivity contribution >= 4 is 27.7 Å². The van der Waals surface area contributed by atoms with E-state index in [0.717, 1.165) is 6.42 Å². The van der Waals surface area contributed by atoms with Crippen molar-refractivity contribution in [1.29, 1.82) is 0 Å². The highest BCUT2D eigenvalue weighted by atomic mass is 79.9. The van der Waals surface area contributed by atoms with Gasteiger partial charge < -0.3 is 4.74 Å². The Balaban J connectivity index is 2.99. The Bertz CT molecular complexity index is 283. The maximum absolute atomic E-state index is 11.6. The number of ether oxygens (including phenoxy) is 1. The number of carbonyl (C=O) groups is 2. The number of allylic oxidation sites excluding steroid dienone is 2. The smallest absolute Gasteiger partial charge is 0.319 e. The third kappa shape index (κ3) is 1.68. The summed E-state index contributed by atoms with van der Waals surface area (Å²) in [4.78, 5) is 23.0. The summed E-state index contributed by atoms with van der Waals surface area (Å²) < 4.78 is 5.08. The topological polar surface area (TPSA) is 43.4 Å². The molecule has 13 heavy (non-hydrogen) atoms. The Morgan fingerprint density at radius 2 is 2.31 bits per heavy atom. The highest BCUT2D eigenvalue weighted by Crippen LogP contribution is 2.35. The molecule has 0 aromatic heterocycles. The first-order valence-electron chi connectivity index (χ1n) is 4.01. The molecule has 0 spiro atoms. The number of hydrogen-bond acceptors (Lipinski definition) is 3. The summed E-state index contributed by atoms with van der Waals surface area (Å²) in [6.07, 6.45) is 3.03. The van der Waals surface area contributed by atoms with Gasteiger partial charge >= 0.3 is 5.97 Å². The van der Waals surface area contributed by atoms with Gasteiger partial charge in [0, 0.05) is 0 Å². The van der Waals surface area contributed by atoms with Gasteiger partial charge in [-0.3, -0.25) is 9.59 Å². The predicted octanol–water partition coefficient (Wildman–Crippen LogP) is 1.81. The van der Waals surface area contributed by atoms with E-state index >= 15 is 0 Å². The van der Waals surface area contributed by atoms with Crippen molar-refractivity contribution in [3.63, 3.8) is 0 Å². The Hall–Kier alpha value is -0.640. The van der Waals surface area contributed by atoms with Crippen LogP contribution in [0.4, 0.5) is 0 Å². The van der Waals surface area contributed by atoms with Crippen LogP contribution in [0, 0.1) is 5.41 Å². The molecule has 1 aliphatic rings. The number of esters is 1. The summed E-state index contributed by atoms with van der Waals surface area (Å²) in [5.74, 6) is -0.645. The molecule has 0 amide bonds. The normalized spacial score (nSPS) is 28.2. The van der Waals surface area contributed by atoms with Crippen LogP contribution in [0.3, 0.4) is 0 Å². The number of halogens is 1. The van der Waals surface area contributed by atoms with Gasteiger partial charge in [-0.1, -0.05) is 6.08 Å². The molecular formula is C9H11BrO3. The molecule has 0 aromatic rings. The zero-order valence-electron chi connectivity index (χ0n) is 7.59. The van der Waals surface area contributed by atoms with Gasteiger partial charge in [-0.25, -0.2) is 0 Å². The quantitative estimate of drug-likeness (QED) is 0.524. The minimum atomic E-state index is -0.998. The van der Waals surface area contributed by atoms with Crippen LogP contribution in [0.5, 0.6) is 0 Å². The Morgan fingerprint density at radius 1 is 1.69 bits per heavy atom. The molecule has 0 radical (unpaired) electrons. The molecule has 1 unspecified atom stereocenters. The standard InChI is InChI=1S/C9H11BrO3/c1-9(8(12)13-2)5-3-4-6(10)7(9)11/h4H,3,5H2,1-2H3. The summed E-state index contributed by atoms with van der Waals surface area (Å²) >= 11 is 3.13. The van der Waals surface area contributed by atoms with Crippen molar-refractivity contribution in [2.24, 2.45) is 5.41 Å². The summed E-state index contributed by atoms with van der Waals surface area (Å²) in [5.41, 5.74) is -0.998. The summed E-state index contributed by atoms with van der Waals surface area (Å²) in [5, 5.41) is 0. The SMILES string of the molecule is COC(=O)C1(C)CCC=C(Br)C1=O. The van der Waals surface area contributed by atoms with Crippen LogP contribution in [0.2, 0.25) is 0 Å². The van der Waals surface area contributed by atoms with E-state index in [2.05, 4.69) is 20.7 Å². The van der Waals surface area contributed by atoms with E-state index < -0.39 is 11.4 Å². The van der Waals surface area contributed by atoms with E-state index in [1.807, 2.05) is 0 Å². The number of methoxy groups -OCH3 is 1. The Labute approximate surface area is 85.3 Å². The lowest BCUT2D eigenvalue weighted by Gasteiger charge is -2.27. The number of carbonyl (C=O) groups excluding carboxylic acids is 2. The molecule has 0 aromatic carbocycles. The molecule has 0 heterocycles. The zero-order valence-corrected chi connectivity index (χ0v) is 9.18. The summed E-state index contributed by atoms with van der Waals surface area (Å²) in [6, 6.07) is 0. The lowest BCUT2D eigenvalue weighted by Crippen LogP contribution is -2.39. The first-order valence-corrected chi connectivity index (χ1v) is 4.80. The van der Waals surface area contributed by atoms with Crippen LogP contribution in [-0.4, -0.2) is 18.9 Å². The van der Waals surface area contributed by atoms with E-state index in [1.54, 1.807) is 13.0 Å². The molecule has 0 bridgehead atoms. The van der Waals surface area contributed by atoms with Gasteiger partial charge in [-0.2, -0.15) is 0 Å². The molecule has 1 aliphatic carbocycles. The molecule has 72 valence electrons. The fourth-order valence-corrected chi connectivity index (χ4v) is 2.04.